The quantitative estimate of drug-likeness (QED) is 0.697. The van der Waals surface area contributed by atoms with Crippen LogP contribution in [0, 0.1) is 11.8 Å². The van der Waals surface area contributed by atoms with E-state index in [0.717, 1.165) is 17.8 Å². The van der Waals surface area contributed by atoms with Crippen molar-refractivity contribution in [3.05, 3.63) is 53.3 Å². The third-order valence-electron chi connectivity index (χ3n) is 4.55. The molecule has 1 aromatic heterocycles. The molecule has 1 heterocycles. The lowest BCUT2D eigenvalue weighted by atomic mass is 9.89. The van der Waals surface area contributed by atoms with Gasteiger partial charge in [0.25, 0.3) is 0 Å². The molecule has 1 aromatic carbocycles. The molecule has 27 heavy (non-hydrogen) atoms. The Morgan fingerprint density at radius 1 is 1.22 bits per heavy atom. The highest BCUT2D eigenvalue weighted by Gasteiger charge is 2.23. The predicted molar refractivity (Wildman–Crippen MR) is 109 cm³/mol. The lowest BCUT2D eigenvalue weighted by Crippen LogP contribution is -2.30. The van der Waals surface area contributed by atoms with E-state index in [0.29, 0.717) is 25.4 Å². The number of hydrogen-bond donors (Lipinski definition) is 2. The molecule has 1 atom stereocenters. The molecule has 0 aliphatic rings. The van der Waals surface area contributed by atoms with Crippen molar-refractivity contribution in [2.45, 2.75) is 59.5 Å². The second-order valence-electron chi connectivity index (χ2n) is 8.73. The maximum atomic E-state index is 11.5. The fourth-order valence-electron chi connectivity index (χ4n) is 3.30. The van der Waals surface area contributed by atoms with Crippen LogP contribution in [-0.4, -0.2) is 27.4 Å². The first-order valence-corrected chi connectivity index (χ1v) is 9.71. The molecule has 2 N–H and O–H groups in total. The number of aromatic nitrogens is 2. The van der Waals surface area contributed by atoms with Gasteiger partial charge in [-0.2, -0.15) is 5.10 Å². The molecule has 5 heteroatoms. The zero-order chi connectivity index (χ0) is 20.0. The average molecular weight is 372 g/mol. The largest absolute Gasteiger partial charge is 0.481 e. The molecule has 0 spiro atoms. The van der Waals surface area contributed by atoms with Gasteiger partial charge in [0.15, 0.2) is 0 Å². The number of carboxylic acid groups (broad SMARTS) is 1. The fourth-order valence-corrected chi connectivity index (χ4v) is 3.30. The van der Waals surface area contributed by atoms with Crippen LogP contribution in [0.4, 0.5) is 0 Å². The number of nitrogens with one attached hydrogen (secondary N) is 1. The van der Waals surface area contributed by atoms with E-state index in [-0.39, 0.29) is 11.3 Å². The van der Waals surface area contributed by atoms with Gasteiger partial charge in [-0.1, -0.05) is 65.0 Å². The van der Waals surface area contributed by atoms with Gasteiger partial charge in [-0.15, -0.1) is 0 Å². The van der Waals surface area contributed by atoms with Gasteiger partial charge in [0.1, 0.15) is 0 Å². The van der Waals surface area contributed by atoms with Crippen molar-refractivity contribution in [3.8, 4) is 0 Å². The zero-order valence-electron chi connectivity index (χ0n) is 17.2. The molecule has 0 radical (unpaired) electrons. The van der Waals surface area contributed by atoms with Crippen molar-refractivity contribution in [3.63, 3.8) is 0 Å². The molecule has 2 aromatic rings. The first-order chi connectivity index (χ1) is 12.7. The molecule has 0 amide bonds. The van der Waals surface area contributed by atoms with Crippen molar-refractivity contribution in [2.75, 3.05) is 6.54 Å². The Kier molecular flexibility index (Phi) is 7.19. The Bertz CT molecular complexity index is 730. The maximum Gasteiger partial charge on any atom is 0.307 e. The van der Waals surface area contributed by atoms with Gasteiger partial charge in [-0.05, 0) is 17.9 Å². The molecule has 0 saturated heterocycles. The number of benzene rings is 1. The minimum absolute atomic E-state index is 0.0664. The van der Waals surface area contributed by atoms with E-state index in [1.807, 2.05) is 22.9 Å². The molecular weight excluding hydrogens is 338 g/mol. The summed E-state index contributed by atoms with van der Waals surface area (Å²) in [6.07, 6.45) is 2.76. The monoisotopic (exact) mass is 371 g/mol. The summed E-state index contributed by atoms with van der Waals surface area (Å²) in [6, 6.07) is 10.3. The number of rotatable bonds is 9. The van der Waals surface area contributed by atoms with Crippen LogP contribution in [0.15, 0.2) is 36.5 Å². The summed E-state index contributed by atoms with van der Waals surface area (Å²) in [4.78, 5) is 11.5. The highest BCUT2D eigenvalue weighted by atomic mass is 16.4. The minimum atomic E-state index is -0.730. The van der Waals surface area contributed by atoms with Gasteiger partial charge in [0.05, 0.1) is 18.2 Å². The van der Waals surface area contributed by atoms with Crippen LogP contribution >= 0.6 is 0 Å². The normalized spacial score (nSPS) is 13.1. The zero-order valence-corrected chi connectivity index (χ0v) is 17.2. The van der Waals surface area contributed by atoms with Crippen molar-refractivity contribution in [2.24, 2.45) is 11.8 Å². The number of aliphatic carboxylic acids is 1. The summed E-state index contributed by atoms with van der Waals surface area (Å²) < 4.78 is 1.98. The summed E-state index contributed by atoms with van der Waals surface area (Å²) in [5, 5.41) is 17.6. The first-order valence-electron chi connectivity index (χ1n) is 9.71. The lowest BCUT2D eigenvalue weighted by Gasteiger charge is -2.19. The van der Waals surface area contributed by atoms with Crippen LogP contribution in [0.1, 0.15) is 57.9 Å². The topological polar surface area (TPSA) is 67.2 Å². The van der Waals surface area contributed by atoms with Crippen molar-refractivity contribution in [1.82, 2.24) is 15.1 Å². The summed E-state index contributed by atoms with van der Waals surface area (Å²) >= 11 is 0. The first kappa shape index (κ1) is 21.2. The standard InChI is InChI=1S/C22H33N3O2/c1-16(2)11-18(21(26)27)12-23-13-19-15-25(24-20(19)22(3,4)5)14-17-9-7-6-8-10-17/h6-10,15-16,18,23H,11-14H2,1-5H3,(H,26,27). The van der Waals surface area contributed by atoms with Gasteiger partial charge < -0.3 is 10.4 Å². The van der Waals surface area contributed by atoms with Crippen molar-refractivity contribution < 1.29 is 9.90 Å². The number of hydrogen-bond acceptors (Lipinski definition) is 3. The van der Waals surface area contributed by atoms with E-state index >= 15 is 0 Å². The van der Waals surface area contributed by atoms with Gasteiger partial charge in [-0.3, -0.25) is 9.48 Å². The van der Waals surface area contributed by atoms with Crippen LogP contribution in [-0.2, 0) is 23.3 Å². The molecule has 0 saturated carbocycles. The van der Waals surface area contributed by atoms with Gasteiger partial charge in [0.2, 0.25) is 0 Å². The average Bonchev–Trinajstić information content (AvgIpc) is 2.97. The summed E-state index contributed by atoms with van der Waals surface area (Å²) in [5.74, 6) is -0.721. The van der Waals surface area contributed by atoms with Crippen molar-refractivity contribution >= 4 is 5.97 Å². The minimum Gasteiger partial charge on any atom is -0.481 e. The van der Waals surface area contributed by atoms with Crippen molar-refractivity contribution in [1.29, 1.82) is 0 Å². The molecular formula is C22H33N3O2. The Labute approximate surface area is 162 Å². The third-order valence-corrected chi connectivity index (χ3v) is 4.55. The van der Waals surface area contributed by atoms with Gasteiger partial charge >= 0.3 is 5.97 Å². The van der Waals surface area contributed by atoms with Crippen LogP contribution in [0.25, 0.3) is 0 Å². The van der Waals surface area contributed by atoms with Crippen LogP contribution < -0.4 is 5.32 Å². The Morgan fingerprint density at radius 2 is 1.89 bits per heavy atom. The summed E-state index contributed by atoms with van der Waals surface area (Å²) in [5.41, 5.74) is 3.33. The van der Waals surface area contributed by atoms with Crippen LogP contribution in [0.2, 0.25) is 0 Å². The van der Waals surface area contributed by atoms with E-state index in [4.69, 9.17) is 5.10 Å². The number of nitrogens with zero attached hydrogens (tertiary/aromatic N) is 2. The molecule has 0 aliphatic heterocycles. The molecule has 0 fully saturated rings. The highest BCUT2D eigenvalue weighted by molar-refractivity contribution is 5.70. The fraction of sp³-hybridized carbons (Fsp3) is 0.545. The van der Waals surface area contributed by atoms with Gasteiger partial charge in [0, 0.05) is 30.3 Å². The Balaban J connectivity index is 2.09. The SMILES string of the molecule is CC(C)CC(CNCc1cn(Cc2ccccc2)nc1C(C)(C)C)C(=O)O. The second-order valence-corrected chi connectivity index (χ2v) is 8.73. The molecule has 0 bridgehead atoms. The van der Waals surface area contributed by atoms with Crippen LogP contribution in [0.3, 0.4) is 0 Å². The molecule has 0 aliphatic carbocycles. The van der Waals surface area contributed by atoms with Crippen LogP contribution in [0.5, 0.6) is 0 Å². The molecule has 2 rings (SSSR count). The van der Waals surface area contributed by atoms with E-state index < -0.39 is 5.97 Å². The lowest BCUT2D eigenvalue weighted by molar-refractivity contribution is -0.142. The molecule has 148 valence electrons. The molecule has 1 unspecified atom stereocenters. The molecule has 5 nitrogen and oxygen atoms in total. The second kappa shape index (κ2) is 9.18. The van der Waals surface area contributed by atoms with E-state index in [2.05, 4.69) is 58.3 Å². The highest BCUT2D eigenvalue weighted by Crippen LogP contribution is 2.25. The smallest absolute Gasteiger partial charge is 0.307 e. The van der Waals surface area contributed by atoms with E-state index in [1.54, 1.807) is 0 Å². The number of carbonyl (C=O) groups is 1. The Hall–Kier alpha value is -2.14. The Morgan fingerprint density at radius 3 is 2.44 bits per heavy atom. The predicted octanol–water partition coefficient (Wildman–Crippen LogP) is 4.07. The van der Waals surface area contributed by atoms with E-state index in [9.17, 15) is 9.90 Å². The summed E-state index contributed by atoms with van der Waals surface area (Å²) in [6.45, 7) is 12.4. The third kappa shape index (κ3) is 6.51. The maximum absolute atomic E-state index is 11.5. The summed E-state index contributed by atoms with van der Waals surface area (Å²) in [7, 11) is 0. The van der Waals surface area contributed by atoms with Gasteiger partial charge in [-0.25, -0.2) is 0 Å². The van der Waals surface area contributed by atoms with E-state index in [1.165, 1.54) is 5.56 Å². The number of carboxylic acids is 1.